The molecule has 2 heteroatoms. The number of rotatable bonds is 5. The van der Waals surface area contributed by atoms with Crippen molar-refractivity contribution in [2.45, 2.75) is 45.4 Å². The minimum atomic E-state index is 0.862. The van der Waals surface area contributed by atoms with Crippen molar-refractivity contribution in [3.63, 3.8) is 0 Å². The molecule has 0 N–H and O–H groups in total. The maximum Gasteiger partial charge on any atom is 0.0739 e. The van der Waals surface area contributed by atoms with Crippen LogP contribution in [0.5, 0.6) is 0 Å². The zero-order valence-corrected chi connectivity index (χ0v) is 14.5. The van der Waals surface area contributed by atoms with E-state index in [2.05, 4.69) is 59.6 Å². The van der Waals surface area contributed by atoms with Gasteiger partial charge in [-0.15, -0.1) is 0 Å². The number of hydrogen-bond donors (Lipinski definition) is 0. The largest absolute Gasteiger partial charge is 0.195 e. The number of aliphatic imine (C=N–C) groups is 1. The van der Waals surface area contributed by atoms with Crippen LogP contribution in [0.1, 0.15) is 43.7 Å². The van der Waals surface area contributed by atoms with Crippen LogP contribution in [0.4, 0.5) is 5.69 Å². The van der Waals surface area contributed by atoms with Gasteiger partial charge in [0.15, 0.2) is 0 Å². The number of aryl methyl sites for hydroxylation is 1. The lowest BCUT2D eigenvalue weighted by atomic mass is 9.80. The van der Waals surface area contributed by atoms with Crippen molar-refractivity contribution in [2.24, 2.45) is 10.9 Å². The minimum absolute atomic E-state index is 0.862. The summed E-state index contributed by atoms with van der Waals surface area (Å²) in [6.45, 7) is 2.28. The highest BCUT2D eigenvalue weighted by molar-refractivity contribution is 7.78. The highest BCUT2D eigenvalue weighted by Crippen LogP contribution is 2.32. The lowest BCUT2D eigenvalue weighted by molar-refractivity contribution is 0.413. The second-order valence-corrected chi connectivity index (χ2v) is 6.67. The number of thiocarbonyl (C=S) groups is 1. The summed E-state index contributed by atoms with van der Waals surface area (Å²) in [7, 11) is 0. The molecule has 3 rings (SSSR count). The number of nitrogens with zero attached hydrogens (tertiary/aromatic N) is 1. The third-order valence-corrected chi connectivity index (χ3v) is 4.97. The van der Waals surface area contributed by atoms with Gasteiger partial charge in [-0.2, -0.15) is 4.99 Å². The summed E-state index contributed by atoms with van der Waals surface area (Å²) < 4.78 is 0. The predicted molar refractivity (Wildman–Crippen MR) is 102 cm³/mol. The summed E-state index contributed by atoms with van der Waals surface area (Å²) in [5.74, 6) is 0.889. The first kappa shape index (κ1) is 16.1. The van der Waals surface area contributed by atoms with Crippen LogP contribution < -0.4 is 0 Å². The van der Waals surface area contributed by atoms with E-state index >= 15 is 0 Å². The molecule has 2 aromatic carbocycles. The smallest absolute Gasteiger partial charge is 0.0739 e. The molecule has 1 atom stereocenters. The van der Waals surface area contributed by atoms with E-state index in [9.17, 15) is 0 Å². The standard InChI is InChI=1S/C21H23NS/c1-2-3-4-16-5-6-20-14-19(8-7-18(20)13-16)17-9-11-21(12-10-17)22-15-23/h7-12,14,16H,2-6,13H2,1H3. The Kier molecular flexibility index (Phi) is 5.38. The molecule has 1 unspecified atom stereocenters. The molecule has 0 fully saturated rings. The second kappa shape index (κ2) is 7.68. The number of hydrogen-bond acceptors (Lipinski definition) is 2. The van der Waals surface area contributed by atoms with Gasteiger partial charge in [-0.1, -0.05) is 56.5 Å². The van der Waals surface area contributed by atoms with Gasteiger partial charge in [-0.25, -0.2) is 0 Å². The Bertz CT molecular complexity index is 711. The molecular weight excluding hydrogens is 298 g/mol. The molecule has 0 aromatic heterocycles. The summed E-state index contributed by atoms with van der Waals surface area (Å²) >= 11 is 4.65. The topological polar surface area (TPSA) is 12.4 Å². The van der Waals surface area contributed by atoms with Crippen molar-refractivity contribution in [2.75, 3.05) is 0 Å². The molecule has 0 saturated heterocycles. The van der Waals surface area contributed by atoms with Crippen LogP contribution in [-0.2, 0) is 12.8 Å². The average molecular weight is 321 g/mol. The van der Waals surface area contributed by atoms with Gasteiger partial charge < -0.3 is 0 Å². The highest BCUT2D eigenvalue weighted by Gasteiger charge is 2.18. The Morgan fingerprint density at radius 2 is 1.87 bits per heavy atom. The molecule has 0 heterocycles. The van der Waals surface area contributed by atoms with Crippen LogP contribution in [0, 0.1) is 5.92 Å². The second-order valence-electron chi connectivity index (χ2n) is 6.48. The van der Waals surface area contributed by atoms with E-state index in [1.165, 1.54) is 55.2 Å². The van der Waals surface area contributed by atoms with Crippen LogP contribution in [0.3, 0.4) is 0 Å². The number of fused-ring (bicyclic) bond motifs is 1. The number of unbranched alkanes of at least 4 members (excludes halogenated alkanes) is 1. The SMILES string of the molecule is CCCCC1CCc2cc(-c3ccc(N=C=S)cc3)ccc2C1. The third-order valence-electron chi connectivity index (χ3n) is 4.88. The summed E-state index contributed by atoms with van der Waals surface area (Å²) in [6.07, 6.45) is 7.90. The minimum Gasteiger partial charge on any atom is -0.195 e. The van der Waals surface area contributed by atoms with Crippen LogP contribution in [0.2, 0.25) is 0 Å². The molecule has 0 saturated carbocycles. The number of isothiocyanates is 1. The van der Waals surface area contributed by atoms with Crippen LogP contribution in [0.15, 0.2) is 47.5 Å². The Balaban J connectivity index is 1.77. The molecule has 1 aliphatic rings. The molecule has 0 amide bonds. The van der Waals surface area contributed by atoms with Gasteiger partial charge in [0.25, 0.3) is 0 Å². The zero-order valence-electron chi connectivity index (χ0n) is 13.7. The molecule has 23 heavy (non-hydrogen) atoms. The molecular formula is C21H23NS. The lowest BCUT2D eigenvalue weighted by Gasteiger charge is -2.25. The van der Waals surface area contributed by atoms with Gasteiger partial charge in [0, 0.05) is 0 Å². The first-order chi connectivity index (χ1) is 11.3. The summed E-state index contributed by atoms with van der Waals surface area (Å²) in [6, 6.07) is 15.2. The van der Waals surface area contributed by atoms with E-state index in [1.54, 1.807) is 5.56 Å². The maximum atomic E-state index is 4.65. The van der Waals surface area contributed by atoms with Gasteiger partial charge >= 0.3 is 0 Å². The lowest BCUT2D eigenvalue weighted by Crippen LogP contribution is -2.14. The molecule has 118 valence electrons. The fourth-order valence-electron chi connectivity index (χ4n) is 3.53. The zero-order chi connectivity index (χ0) is 16.1. The van der Waals surface area contributed by atoms with Crippen molar-refractivity contribution >= 4 is 23.1 Å². The highest BCUT2D eigenvalue weighted by atomic mass is 32.1. The Morgan fingerprint density at radius 1 is 1.09 bits per heavy atom. The summed E-state index contributed by atoms with van der Waals surface area (Å²) in [5, 5.41) is 2.41. The molecule has 1 nitrogen and oxygen atoms in total. The first-order valence-corrected chi connectivity index (χ1v) is 9.01. The Hall–Kier alpha value is -1.76. The van der Waals surface area contributed by atoms with Crippen LogP contribution in [0.25, 0.3) is 11.1 Å². The molecule has 0 spiro atoms. The van der Waals surface area contributed by atoms with E-state index in [4.69, 9.17) is 0 Å². The fraction of sp³-hybridized carbons (Fsp3) is 0.381. The van der Waals surface area contributed by atoms with Crippen molar-refractivity contribution in [1.29, 1.82) is 0 Å². The van der Waals surface area contributed by atoms with Gasteiger partial charge in [-0.05, 0) is 71.8 Å². The third kappa shape index (κ3) is 3.96. The Labute approximate surface area is 144 Å². The van der Waals surface area contributed by atoms with E-state index in [1.807, 2.05) is 12.1 Å². The number of benzene rings is 2. The average Bonchev–Trinajstić information content (AvgIpc) is 2.60. The Morgan fingerprint density at radius 3 is 2.61 bits per heavy atom. The monoisotopic (exact) mass is 321 g/mol. The molecule has 1 aliphatic carbocycles. The van der Waals surface area contributed by atoms with E-state index in [0.717, 1.165) is 11.6 Å². The van der Waals surface area contributed by atoms with Crippen molar-refractivity contribution in [3.05, 3.63) is 53.6 Å². The summed E-state index contributed by atoms with van der Waals surface area (Å²) in [4.78, 5) is 4.01. The van der Waals surface area contributed by atoms with E-state index < -0.39 is 0 Å². The molecule has 0 aliphatic heterocycles. The summed E-state index contributed by atoms with van der Waals surface area (Å²) in [5.41, 5.74) is 6.50. The molecule has 0 bridgehead atoms. The van der Waals surface area contributed by atoms with Crippen LogP contribution >= 0.6 is 12.2 Å². The van der Waals surface area contributed by atoms with Crippen molar-refractivity contribution in [3.8, 4) is 11.1 Å². The van der Waals surface area contributed by atoms with Crippen molar-refractivity contribution in [1.82, 2.24) is 0 Å². The molecule has 2 aromatic rings. The fourth-order valence-corrected chi connectivity index (χ4v) is 3.64. The first-order valence-electron chi connectivity index (χ1n) is 8.60. The maximum absolute atomic E-state index is 4.65. The normalized spacial score (nSPS) is 16.5. The predicted octanol–water partition coefficient (Wildman–Crippen LogP) is 6.38. The van der Waals surface area contributed by atoms with Gasteiger partial charge in [0.2, 0.25) is 0 Å². The molecule has 0 radical (unpaired) electrons. The van der Waals surface area contributed by atoms with E-state index in [0.29, 0.717) is 0 Å². The van der Waals surface area contributed by atoms with Crippen molar-refractivity contribution < 1.29 is 0 Å². The van der Waals surface area contributed by atoms with Gasteiger partial charge in [0.05, 0.1) is 10.8 Å². The van der Waals surface area contributed by atoms with Crippen LogP contribution in [-0.4, -0.2) is 5.16 Å². The quantitative estimate of drug-likeness (QED) is 0.459. The van der Waals surface area contributed by atoms with Gasteiger partial charge in [0.1, 0.15) is 0 Å². The van der Waals surface area contributed by atoms with E-state index in [-0.39, 0.29) is 0 Å². The van der Waals surface area contributed by atoms with Gasteiger partial charge in [-0.3, -0.25) is 0 Å².